The monoisotopic (exact) mass is 220 g/mol. The number of hydrogen-bond acceptors (Lipinski definition) is 1. The van der Waals surface area contributed by atoms with Crippen LogP contribution in [-0.2, 0) is 6.61 Å². The first-order valence-corrected chi connectivity index (χ1v) is 5.95. The van der Waals surface area contributed by atoms with Gasteiger partial charge in [-0.25, -0.2) is 0 Å². The van der Waals surface area contributed by atoms with Crippen molar-refractivity contribution in [3.8, 4) is 5.75 Å². The fourth-order valence-electron chi connectivity index (χ4n) is 2.58. The molecular weight excluding hydrogens is 208 g/mol. The van der Waals surface area contributed by atoms with E-state index in [2.05, 4.69) is 48.6 Å². The van der Waals surface area contributed by atoms with Crippen molar-refractivity contribution in [2.24, 2.45) is 0 Å². The number of hydrogen-bond donors (Lipinski definition) is 0. The van der Waals surface area contributed by atoms with Crippen LogP contribution in [0.15, 0.2) is 47.6 Å². The van der Waals surface area contributed by atoms with E-state index in [0.29, 0.717) is 0 Å². The van der Waals surface area contributed by atoms with Gasteiger partial charge in [-0.3, -0.25) is 0 Å². The predicted octanol–water partition coefficient (Wildman–Crippen LogP) is 3.88. The molecule has 1 aromatic carbocycles. The lowest BCUT2D eigenvalue weighted by Gasteiger charge is -2.25. The molecule has 82 valence electrons. The summed E-state index contributed by atoms with van der Waals surface area (Å²) in [5, 5.41) is 0. The Morgan fingerprint density at radius 1 is 1.00 bits per heavy atom. The van der Waals surface area contributed by atoms with Crippen molar-refractivity contribution in [3.05, 3.63) is 64.3 Å². The minimum Gasteiger partial charge on any atom is -0.488 e. The lowest BCUT2D eigenvalue weighted by Crippen LogP contribution is -2.12. The molecule has 0 atom stereocenters. The fraction of sp³-hybridized carbons (Fsp3) is 0.125. The Labute approximate surface area is 100 Å². The molecule has 0 unspecified atom stereocenters. The molecule has 0 spiro atoms. The third-order valence-corrected chi connectivity index (χ3v) is 3.56. The summed E-state index contributed by atoms with van der Waals surface area (Å²) >= 11 is 0. The summed E-state index contributed by atoms with van der Waals surface area (Å²) in [6, 6.07) is 4.22. The molecule has 1 heteroatoms. The maximum absolute atomic E-state index is 5.44. The molecule has 1 aromatic rings. The van der Waals surface area contributed by atoms with Gasteiger partial charge in [0.1, 0.15) is 12.4 Å². The molecule has 0 radical (unpaired) electrons. The van der Waals surface area contributed by atoms with E-state index in [0.717, 1.165) is 18.8 Å². The predicted molar refractivity (Wildman–Crippen MR) is 69.6 cm³/mol. The van der Waals surface area contributed by atoms with Crippen molar-refractivity contribution in [1.29, 1.82) is 0 Å². The van der Waals surface area contributed by atoms with Gasteiger partial charge in [0.15, 0.2) is 0 Å². The first kappa shape index (κ1) is 9.06. The Kier molecular flexibility index (Phi) is 1.72. The fourth-order valence-corrected chi connectivity index (χ4v) is 2.58. The van der Waals surface area contributed by atoms with E-state index in [1.807, 2.05) is 0 Å². The van der Waals surface area contributed by atoms with Crippen molar-refractivity contribution >= 4 is 12.2 Å². The van der Waals surface area contributed by atoms with Crippen molar-refractivity contribution in [3.63, 3.8) is 0 Å². The van der Waals surface area contributed by atoms with Gasteiger partial charge in [0.25, 0.3) is 0 Å². The van der Waals surface area contributed by atoms with E-state index in [1.165, 1.54) is 27.8 Å². The third kappa shape index (κ3) is 1.32. The van der Waals surface area contributed by atoms with E-state index < -0.39 is 0 Å². The van der Waals surface area contributed by atoms with Crippen molar-refractivity contribution in [2.75, 3.05) is 0 Å². The van der Waals surface area contributed by atoms with Gasteiger partial charge < -0.3 is 4.74 Å². The molecule has 0 saturated heterocycles. The zero-order chi connectivity index (χ0) is 11.2. The summed E-state index contributed by atoms with van der Waals surface area (Å²) in [7, 11) is 0. The number of rotatable bonds is 0. The molecule has 3 aliphatic rings. The van der Waals surface area contributed by atoms with Gasteiger partial charge in [-0.2, -0.15) is 0 Å². The first-order chi connectivity index (χ1) is 8.40. The molecule has 0 amide bonds. The van der Waals surface area contributed by atoms with Crippen LogP contribution in [0, 0.1) is 0 Å². The number of benzene rings is 1. The average molecular weight is 220 g/mol. The van der Waals surface area contributed by atoms with Crippen LogP contribution in [0.2, 0.25) is 0 Å². The Morgan fingerprint density at radius 3 is 2.88 bits per heavy atom. The summed E-state index contributed by atoms with van der Waals surface area (Å²) in [4.78, 5) is 0. The van der Waals surface area contributed by atoms with Crippen molar-refractivity contribution in [2.45, 2.75) is 13.0 Å². The Morgan fingerprint density at radius 2 is 2.00 bits per heavy atom. The summed E-state index contributed by atoms with van der Waals surface area (Å²) in [5.41, 5.74) is 6.75. The van der Waals surface area contributed by atoms with Gasteiger partial charge in [0.05, 0.1) is 0 Å². The minimum atomic E-state index is 0.753. The van der Waals surface area contributed by atoms with Crippen LogP contribution >= 0.6 is 0 Å². The number of ether oxygens (including phenoxy) is 1. The van der Waals surface area contributed by atoms with Crippen molar-refractivity contribution < 1.29 is 4.74 Å². The van der Waals surface area contributed by atoms with Gasteiger partial charge in [0, 0.05) is 5.56 Å². The average Bonchev–Trinajstić information content (AvgIpc) is 2.29. The SMILES string of the molecule is C1=CC2=Cc3c(ccc4c3CO4)C=CC(=C1)C2. The highest BCUT2D eigenvalue weighted by Gasteiger charge is 2.20. The van der Waals surface area contributed by atoms with Crippen LogP contribution in [0.3, 0.4) is 0 Å². The van der Waals surface area contributed by atoms with Crippen LogP contribution < -0.4 is 4.74 Å². The van der Waals surface area contributed by atoms with Gasteiger partial charge in [-0.15, -0.1) is 0 Å². The quantitative estimate of drug-likeness (QED) is 0.644. The van der Waals surface area contributed by atoms with Crippen LogP contribution in [-0.4, -0.2) is 0 Å². The molecule has 0 fully saturated rings. The second-order valence-electron chi connectivity index (χ2n) is 4.66. The highest BCUT2D eigenvalue weighted by Crippen LogP contribution is 2.37. The molecule has 1 nitrogen and oxygen atoms in total. The second kappa shape index (κ2) is 3.24. The molecule has 0 aromatic heterocycles. The topological polar surface area (TPSA) is 9.23 Å². The zero-order valence-electron chi connectivity index (χ0n) is 9.44. The zero-order valence-corrected chi connectivity index (χ0v) is 9.44. The Balaban J connectivity index is 1.99. The van der Waals surface area contributed by atoms with Crippen LogP contribution in [0.4, 0.5) is 0 Å². The van der Waals surface area contributed by atoms with Gasteiger partial charge in [-0.1, -0.05) is 42.5 Å². The third-order valence-electron chi connectivity index (χ3n) is 3.56. The summed E-state index contributed by atoms with van der Waals surface area (Å²) < 4.78 is 5.44. The normalized spacial score (nSPS) is 18.8. The maximum atomic E-state index is 5.44. The van der Waals surface area contributed by atoms with Crippen LogP contribution in [0.1, 0.15) is 23.1 Å². The van der Waals surface area contributed by atoms with Gasteiger partial charge in [0.2, 0.25) is 0 Å². The largest absolute Gasteiger partial charge is 0.488 e. The van der Waals surface area contributed by atoms with E-state index >= 15 is 0 Å². The Bertz CT molecular complexity index is 627. The standard InChI is InChI=1S/C16H12O/c1-2-11-4-5-13-6-7-16-15(10-17-16)14(13)9-12(3-1)8-11/h1-7,9H,8,10H2. The van der Waals surface area contributed by atoms with E-state index in [4.69, 9.17) is 4.74 Å². The smallest absolute Gasteiger partial charge is 0.127 e. The highest BCUT2D eigenvalue weighted by molar-refractivity contribution is 5.76. The van der Waals surface area contributed by atoms with Gasteiger partial charge in [-0.05, 0) is 34.8 Å². The second-order valence-corrected chi connectivity index (χ2v) is 4.66. The van der Waals surface area contributed by atoms with E-state index in [-0.39, 0.29) is 0 Å². The molecular formula is C16H12O. The highest BCUT2D eigenvalue weighted by atomic mass is 16.5. The summed E-state index contributed by atoms with van der Waals surface area (Å²) in [6.07, 6.45) is 14.3. The summed E-state index contributed by atoms with van der Waals surface area (Å²) in [6.45, 7) is 0.753. The molecule has 0 N–H and O–H groups in total. The first-order valence-electron chi connectivity index (χ1n) is 5.95. The molecule has 4 rings (SSSR count). The van der Waals surface area contributed by atoms with Crippen molar-refractivity contribution in [1.82, 2.24) is 0 Å². The molecule has 1 aliphatic heterocycles. The lowest BCUT2D eigenvalue weighted by atomic mass is 9.89. The van der Waals surface area contributed by atoms with Crippen LogP contribution in [0.25, 0.3) is 12.2 Å². The molecule has 2 aliphatic carbocycles. The molecule has 0 saturated carbocycles. The lowest BCUT2D eigenvalue weighted by molar-refractivity contribution is 0.243. The van der Waals surface area contributed by atoms with Gasteiger partial charge >= 0.3 is 0 Å². The summed E-state index contributed by atoms with van der Waals surface area (Å²) in [5.74, 6) is 1.05. The van der Waals surface area contributed by atoms with E-state index in [1.54, 1.807) is 0 Å². The maximum Gasteiger partial charge on any atom is 0.127 e. The van der Waals surface area contributed by atoms with E-state index in [9.17, 15) is 0 Å². The number of allylic oxidation sites excluding steroid dienone is 6. The Hall–Kier alpha value is -2.02. The molecule has 2 bridgehead atoms. The number of fused-ring (bicyclic) bond motifs is 5. The minimum absolute atomic E-state index is 0.753. The molecule has 17 heavy (non-hydrogen) atoms. The molecule has 1 heterocycles. The van der Waals surface area contributed by atoms with Crippen LogP contribution in [0.5, 0.6) is 5.75 Å².